The van der Waals surface area contributed by atoms with Crippen molar-refractivity contribution in [1.29, 1.82) is 0 Å². The molecule has 0 heterocycles. The first kappa shape index (κ1) is 119. The lowest BCUT2D eigenvalue weighted by molar-refractivity contribution is -0.150. The standard InChI is InChI=1S/C30H34O8.C28H27FO9.C28H30O6.C27H27FO8/c1-20(2)28(31)36-17-7-15-34-26-14-11-24(19-27(26)35-16-8-18-37-29(32)21(3)4)23-9-12-25(13-10-23)38-30(33)22(5)6;1-16(2)26(31)35-12-11-34-23-10-8-20(14-24(23)37-25(30)15-36-27(32)17(3)4)19-7-9-22(21(29)13-19)38-28(33)18(5)6;1-18(2)26(29)32-15-13-22-7-8-23(17-24(22)14-16-33-27(30)19(3)4)21-9-11-25(12-10-21)34-28(31)20(5)6;1-16(2)25(29)33-12-11-32-24-14-20(8-10-23(24)34-15-35-26(30)17(3)4)19-7-9-22(21(28)13-19)36-27(31)18(5)6/h9-14,19H,1,3,5,7-8,15-18H2,2,4,6H3;7-10,13-14H,1,3,5,11-12,15H2,2,4,6H3;7-12,17H,1,3,5,13-16H2,2,4,6H3;7-10,13-14H,1,3,5,11-12,15H2,2,4,6H3. The molecule has 0 unspecified atom stereocenters. The van der Waals surface area contributed by atoms with E-state index in [1.165, 1.54) is 77.9 Å². The molecule has 0 aliphatic carbocycles. The van der Waals surface area contributed by atoms with Gasteiger partial charge in [-0.2, -0.15) is 0 Å². The van der Waals surface area contributed by atoms with Gasteiger partial charge in [-0.25, -0.2) is 71.1 Å². The van der Waals surface area contributed by atoms with Crippen molar-refractivity contribution >= 4 is 77.6 Å². The second-order valence-corrected chi connectivity index (χ2v) is 32.4. The summed E-state index contributed by atoms with van der Waals surface area (Å²) in [6.45, 7) is 60.7. The largest absolute Gasteiger partial charge is 0.490 e. The monoisotopic (exact) mass is 2010 g/mol. The molecular formula is C113H118F2O31. The van der Waals surface area contributed by atoms with E-state index in [4.69, 9.17) is 85.3 Å². The van der Waals surface area contributed by atoms with E-state index in [1.807, 2.05) is 54.6 Å². The van der Waals surface area contributed by atoms with Crippen molar-refractivity contribution in [2.75, 3.05) is 79.5 Å². The van der Waals surface area contributed by atoms with Gasteiger partial charge >= 0.3 is 77.6 Å². The van der Waals surface area contributed by atoms with Crippen LogP contribution in [0.15, 0.2) is 304 Å². The molecule has 0 aromatic heterocycles. The van der Waals surface area contributed by atoms with Crippen molar-refractivity contribution in [3.8, 4) is 102 Å². The molecule has 31 nitrogen and oxygen atoms in total. The molecular weight excluding hydrogens is 1890 g/mol. The molecule has 770 valence electrons. The van der Waals surface area contributed by atoms with Crippen molar-refractivity contribution < 1.29 is 156 Å². The third kappa shape index (κ3) is 42.2. The van der Waals surface area contributed by atoms with Crippen LogP contribution in [0, 0.1) is 11.6 Å². The second-order valence-electron chi connectivity index (χ2n) is 32.4. The van der Waals surface area contributed by atoms with Crippen LogP contribution >= 0.6 is 0 Å². The average Bonchev–Trinajstić information content (AvgIpc) is 0.811. The maximum Gasteiger partial charge on any atom is 0.349 e. The summed E-state index contributed by atoms with van der Waals surface area (Å²) in [5.41, 5.74) is 10.4. The Labute approximate surface area is 846 Å². The van der Waals surface area contributed by atoms with Gasteiger partial charge in [0, 0.05) is 92.6 Å². The van der Waals surface area contributed by atoms with Crippen LogP contribution < -0.4 is 47.4 Å². The Balaban J connectivity index is 0.000000343. The van der Waals surface area contributed by atoms with Gasteiger partial charge in [-0.05, 0) is 224 Å². The maximum atomic E-state index is 14.6. The lowest BCUT2D eigenvalue weighted by atomic mass is 9.96. The van der Waals surface area contributed by atoms with Crippen molar-refractivity contribution in [2.45, 2.75) is 109 Å². The van der Waals surface area contributed by atoms with Gasteiger partial charge in [0.1, 0.15) is 37.9 Å². The molecule has 0 spiro atoms. The molecule has 0 aliphatic heterocycles. The fraction of sp³-hybridized carbons (Fsp3) is 0.248. The summed E-state index contributed by atoms with van der Waals surface area (Å²) in [5.74, 6) is -7.38. The topological polar surface area (TPSA) is 388 Å². The van der Waals surface area contributed by atoms with Crippen LogP contribution in [-0.4, -0.2) is 157 Å². The highest BCUT2D eigenvalue weighted by molar-refractivity contribution is 5.94. The van der Waals surface area contributed by atoms with E-state index in [2.05, 4.69) is 78.9 Å². The molecule has 0 aliphatic rings. The molecule has 8 aromatic rings. The second kappa shape index (κ2) is 60.7. The van der Waals surface area contributed by atoms with Gasteiger partial charge < -0.3 is 85.3 Å². The van der Waals surface area contributed by atoms with E-state index < -0.39 is 103 Å². The molecule has 8 aromatic carbocycles. The SMILES string of the molecule is C=C(C)C(=O)OCCCOc1ccc(-c2ccc(OC(=O)C(=C)C)cc2)cc1OCCCOC(=O)C(=C)C.C=C(C)C(=O)OCCOc1cc(-c2ccc(OC(=O)C(=C)C)c(F)c2)ccc1OCOC(=O)C(=C)C.C=C(C)C(=O)OCCOc1ccc(-c2ccc(OC(=O)C(=C)C)c(F)c2)cc1OC(=O)COC(=O)C(=C)C.C=C(C)C(=O)OCCc1ccc(-c2ccc(OC(=O)C(=C)C)cc2)cc1CCOC(=O)C(=C)C. The minimum absolute atomic E-state index is 0.0193. The fourth-order valence-corrected chi connectivity index (χ4v) is 11.0. The van der Waals surface area contributed by atoms with Gasteiger partial charge in [0.25, 0.3) is 0 Å². The number of hydrogen-bond acceptors (Lipinski definition) is 31. The van der Waals surface area contributed by atoms with Gasteiger partial charge in [-0.1, -0.05) is 152 Å². The van der Waals surface area contributed by atoms with Crippen LogP contribution in [0.1, 0.15) is 107 Å². The Kier molecular flexibility index (Phi) is 49.5. The van der Waals surface area contributed by atoms with Crippen molar-refractivity contribution in [3.63, 3.8) is 0 Å². The third-order valence-electron chi connectivity index (χ3n) is 18.8. The van der Waals surface area contributed by atoms with Gasteiger partial charge in [-0.3, -0.25) is 0 Å². The highest BCUT2D eigenvalue weighted by Gasteiger charge is 2.23. The summed E-state index contributed by atoms with van der Waals surface area (Å²) >= 11 is 0. The minimum atomic E-state index is -0.913. The number of carbonyl (C=O) groups excluding carboxylic acids is 13. The van der Waals surface area contributed by atoms with Gasteiger partial charge in [-0.15, -0.1) is 0 Å². The number of carbonyl (C=O) groups is 13. The van der Waals surface area contributed by atoms with Crippen molar-refractivity contribution in [1.82, 2.24) is 0 Å². The molecule has 0 amide bonds. The van der Waals surface area contributed by atoms with E-state index in [-0.39, 0.29) is 127 Å². The van der Waals surface area contributed by atoms with Crippen LogP contribution in [0.25, 0.3) is 44.5 Å². The molecule has 0 saturated heterocycles. The van der Waals surface area contributed by atoms with E-state index in [1.54, 1.807) is 102 Å². The van der Waals surface area contributed by atoms with Crippen molar-refractivity contribution in [3.05, 3.63) is 326 Å². The molecule has 8 rings (SSSR count). The predicted octanol–water partition coefficient (Wildman–Crippen LogP) is 20.2. The molecule has 0 saturated carbocycles. The van der Waals surface area contributed by atoms with Gasteiger partial charge in [0.15, 0.2) is 64.2 Å². The van der Waals surface area contributed by atoms with Crippen LogP contribution in [0.3, 0.4) is 0 Å². The Morgan fingerprint density at radius 1 is 0.212 bits per heavy atom. The Morgan fingerprint density at radius 3 is 0.842 bits per heavy atom. The molecule has 33 heteroatoms. The fourth-order valence-electron chi connectivity index (χ4n) is 11.0. The highest BCUT2D eigenvalue weighted by atomic mass is 19.1. The van der Waals surface area contributed by atoms with Crippen LogP contribution in [0.2, 0.25) is 0 Å². The van der Waals surface area contributed by atoms with E-state index in [0.717, 1.165) is 39.4 Å². The van der Waals surface area contributed by atoms with Gasteiger partial charge in [0.2, 0.25) is 6.79 Å². The summed E-state index contributed by atoms with van der Waals surface area (Å²) in [7, 11) is 0. The van der Waals surface area contributed by atoms with Crippen LogP contribution in [0.5, 0.6) is 57.5 Å². The van der Waals surface area contributed by atoms with E-state index >= 15 is 0 Å². The van der Waals surface area contributed by atoms with Crippen LogP contribution in [-0.2, 0) is 113 Å². The first-order valence-electron chi connectivity index (χ1n) is 44.9. The Bertz CT molecular complexity index is 6280. The minimum Gasteiger partial charge on any atom is -0.490 e. The quantitative estimate of drug-likeness (QED) is 0.00853. The molecule has 146 heavy (non-hydrogen) atoms. The normalized spacial score (nSPS) is 10.2. The smallest absolute Gasteiger partial charge is 0.349 e. The zero-order valence-electron chi connectivity index (χ0n) is 83.7. The first-order chi connectivity index (χ1) is 69.0. The highest BCUT2D eigenvalue weighted by Crippen LogP contribution is 2.39. The average molecular weight is 2010 g/mol. The molecule has 0 N–H and O–H groups in total. The third-order valence-corrected chi connectivity index (χ3v) is 18.8. The Morgan fingerprint density at radius 2 is 0.473 bits per heavy atom. The number of halogens is 2. The zero-order valence-corrected chi connectivity index (χ0v) is 83.7. The number of rotatable bonds is 50. The molecule has 0 radical (unpaired) electrons. The van der Waals surface area contributed by atoms with E-state index in [0.29, 0.717) is 111 Å². The summed E-state index contributed by atoms with van der Waals surface area (Å²) < 4.78 is 124. The summed E-state index contributed by atoms with van der Waals surface area (Å²) in [5, 5.41) is 0. The summed E-state index contributed by atoms with van der Waals surface area (Å²) in [6, 6.07) is 42.8. The number of hydrogen-bond donors (Lipinski definition) is 0. The van der Waals surface area contributed by atoms with Gasteiger partial charge in [0.05, 0.1) is 39.6 Å². The Hall–Kier alpha value is -17.4. The van der Waals surface area contributed by atoms with Crippen LogP contribution in [0.4, 0.5) is 8.78 Å². The predicted molar refractivity (Wildman–Crippen MR) is 540 cm³/mol. The maximum absolute atomic E-state index is 14.6. The summed E-state index contributed by atoms with van der Waals surface area (Å²) in [6.07, 6.45) is 1.97. The molecule has 0 bridgehead atoms. The number of benzene rings is 8. The number of ether oxygens (including phenoxy) is 18. The van der Waals surface area contributed by atoms with E-state index in [9.17, 15) is 71.1 Å². The number of esters is 13. The first-order valence-corrected chi connectivity index (χ1v) is 44.9. The molecule has 0 fully saturated rings. The molecule has 0 atom stereocenters. The lowest BCUT2D eigenvalue weighted by Crippen LogP contribution is -2.19. The zero-order chi connectivity index (χ0) is 109. The summed E-state index contributed by atoms with van der Waals surface area (Å²) in [4.78, 5) is 152. The van der Waals surface area contributed by atoms with Crippen molar-refractivity contribution in [2.24, 2.45) is 0 Å². The lowest BCUT2D eigenvalue weighted by Gasteiger charge is -2.15.